The molecule has 1 rings (SSSR count). The first kappa shape index (κ1) is 19.4. The molecule has 4 heteroatoms. The molecule has 1 aromatic carbocycles. The maximum atomic E-state index is 9.49. The Labute approximate surface area is 113 Å². The molecule has 0 amide bonds. The van der Waals surface area contributed by atoms with Crippen LogP contribution >= 0.6 is 12.4 Å². The molecule has 0 unspecified atom stereocenters. The van der Waals surface area contributed by atoms with Gasteiger partial charge in [-0.15, -0.1) is 12.4 Å². The van der Waals surface area contributed by atoms with Gasteiger partial charge in [0.2, 0.25) is 0 Å². The van der Waals surface area contributed by atoms with Gasteiger partial charge in [-0.2, -0.15) is 0 Å². The molecular weight excluding hydrogens is 211 g/mol. The summed E-state index contributed by atoms with van der Waals surface area (Å²) in [5.74, 6) is 0. The second kappa shape index (κ2) is 8.11. The van der Waals surface area contributed by atoms with Crippen LogP contribution in [0.2, 0.25) is 0 Å². The summed E-state index contributed by atoms with van der Waals surface area (Å²) in [6, 6.07) is 9.62. The molecule has 0 radical (unpaired) electrons. The fourth-order valence-electron chi connectivity index (χ4n) is 0.846. The maximum Gasteiger partial charge on any atom is 0.316 e. The molecule has 0 heterocycles. The summed E-state index contributed by atoms with van der Waals surface area (Å²) in [7, 11) is 0. The largest absolute Gasteiger partial charge is 0.386 e. The number of rotatable bonds is 1. The lowest BCUT2D eigenvalue weighted by atomic mass is 9.99. The maximum absolute atomic E-state index is 9.49. The number of hydrogen-bond acceptors (Lipinski definition) is 1. The molecule has 0 aliphatic carbocycles. The SMILES string of the molecule is CC(C)(O)c1ccccc1.Cl.[AlH3].[MgH2]. The van der Waals surface area contributed by atoms with Crippen LogP contribution in [-0.2, 0) is 5.60 Å². The molecule has 1 N–H and O–H groups in total. The van der Waals surface area contributed by atoms with E-state index in [-0.39, 0.29) is 52.8 Å². The summed E-state index contributed by atoms with van der Waals surface area (Å²) in [4.78, 5) is 0. The summed E-state index contributed by atoms with van der Waals surface area (Å²) >= 11 is 0. The van der Waals surface area contributed by atoms with Gasteiger partial charge in [-0.1, -0.05) is 30.3 Å². The summed E-state index contributed by atoms with van der Waals surface area (Å²) in [6.07, 6.45) is 0. The van der Waals surface area contributed by atoms with Crippen molar-refractivity contribution >= 4 is 52.8 Å². The van der Waals surface area contributed by atoms with E-state index in [1.165, 1.54) is 0 Å². The molecular formula is C9H18AlClMgO. The van der Waals surface area contributed by atoms with Crippen molar-refractivity contribution in [3.05, 3.63) is 35.9 Å². The summed E-state index contributed by atoms with van der Waals surface area (Å²) in [5, 5.41) is 9.49. The lowest BCUT2D eigenvalue weighted by molar-refractivity contribution is 0.0786. The molecule has 1 nitrogen and oxygen atoms in total. The first-order valence-corrected chi connectivity index (χ1v) is 3.38. The highest BCUT2D eigenvalue weighted by Gasteiger charge is 2.13. The molecule has 0 saturated heterocycles. The summed E-state index contributed by atoms with van der Waals surface area (Å²) in [6.45, 7) is 3.56. The molecule has 1 aromatic rings. The molecule has 0 spiro atoms. The topological polar surface area (TPSA) is 20.2 Å². The van der Waals surface area contributed by atoms with Crippen molar-refractivity contribution in [1.82, 2.24) is 0 Å². The molecule has 0 aliphatic rings. The van der Waals surface area contributed by atoms with Gasteiger partial charge in [-0.05, 0) is 19.4 Å². The Morgan fingerprint density at radius 1 is 1.08 bits per heavy atom. The Bertz CT molecular complexity index is 211. The summed E-state index contributed by atoms with van der Waals surface area (Å²) < 4.78 is 0. The minimum Gasteiger partial charge on any atom is -0.386 e. The fraction of sp³-hybridized carbons (Fsp3) is 0.333. The van der Waals surface area contributed by atoms with E-state index in [1.807, 2.05) is 30.3 Å². The molecule has 0 bridgehead atoms. The highest BCUT2D eigenvalue weighted by atomic mass is 35.5. The van der Waals surface area contributed by atoms with Crippen LogP contribution in [0.4, 0.5) is 0 Å². The Balaban J connectivity index is -0.000000333. The first-order valence-electron chi connectivity index (χ1n) is 3.38. The smallest absolute Gasteiger partial charge is 0.316 e. The lowest BCUT2D eigenvalue weighted by Crippen LogP contribution is -2.14. The van der Waals surface area contributed by atoms with E-state index >= 15 is 0 Å². The highest BCUT2D eigenvalue weighted by Crippen LogP contribution is 2.17. The van der Waals surface area contributed by atoms with Crippen molar-refractivity contribution in [2.75, 3.05) is 0 Å². The monoisotopic (exact) mass is 228 g/mol. The van der Waals surface area contributed by atoms with Gasteiger partial charge in [0.25, 0.3) is 0 Å². The number of hydrogen-bond donors (Lipinski definition) is 1. The second-order valence-corrected chi connectivity index (χ2v) is 2.93. The molecule has 0 saturated carbocycles. The number of benzene rings is 1. The lowest BCUT2D eigenvalue weighted by Gasteiger charge is -2.16. The van der Waals surface area contributed by atoms with Gasteiger partial charge < -0.3 is 5.11 Å². The van der Waals surface area contributed by atoms with Crippen molar-refractivity contribution in [3.8, 4) is 0 Å². The molecule has 13 heavy (non-hydrogen) atoms. The zero-order valence-corrected chi connectivity index (χ0v) is 7.56. The van der Waals surface area contributed by atoms with Crippen molar-refractivity contribution in [3.63, 3.8) is 0 Å². The van der Waals surface area contributed by atoms with Crippen LogP contribution in [-0.4, -0.2) is 45.5 Å². The minimum absolute atomic E-state index is 0. The molecule has 0 aromatic heterocycles. The Morgan fingerprint density at radius 3 is 1.69 bits per heavy atom. The van der Waals surface area contributed by atoms with Gasteiger partial charge in [-0.25, -0.2) is 0 Å². The van der Waals surface area contributed by atoms with Gasteiger partial charge in [0.05, 0.1) is 5.60 Å². The third-order valence-electron chi connectivity index (χ3n) is 1.48. The highest BCUT2D eigenvalue weighted by molar-refractivity contribution is 5.85. The average Bonchev–Trinajstić information content (AvgIpc) is 1.88. The van der Waals surface area contributed by atoms with Crippen molar-refractivity contribution in [1.29, 1.82) is 0 Å². The van der Waals surface area contributed by atoms with E-state index in [4.69, 9.17) is 0 Å². The number of halogens is 1. The quantitative estimate of drug-likeness (QED) is 0.683. The van der Waals surface area contributed by atoms with Gasteiger partial charge in [0.1, 0.15) is 0 Å². The van der Waals surface area contributed by atoms with Crippen LogP contribution in [0, 0.1) is 0 Å². The van der Waals surface area contributed by atoms with E-state index < -0.39 is 5.60 Å². The zero-order chi connectivity index (χ0) is 7.61. The third-order valence-corrected chi connectivity index (χ3v) is 1.48. The Kier molecular flexibility index (Phi) is 12.1. The van der Waals surface area contributed by atoms with Crippen LogP contribution in [0.1, 0.15) is 19.4 Å². The predicted octanol–water partition coefficient (Wildman–Crippen LogP) is 0.236. The van der Waals surface area contributed by atoms with E-state index in [1.54, 1.807) is 13.8 Å². The van der Waals surface area contributed by atoms with Crippen LogP contribution in [0.3, 0.4) is 0 Å². The Hall–Kier alpha value is 0.769. The summed E-state index contributed by atoms with van der Waals surface area (Å²) in [5.41, 5.74) is 0.247. The van der Waals surface area contributed by atoms with Gasteiger partial charge >= 0.3 is 23.1 Å². The van der Waals surface area contributed by atoms with E-state index in [0.717, 1.165) is 5.56 Å². The zero-order valence-electron chi connectivity index (χ0n) is 6.74. The number of aliphatic hydroxyl groups is 1. The van der Waals surface area contributed by atoms with Crippen LogP contribution in [0.5, 0.6) is 0 Å². The minimum atomic E-state index is -0.707. The first-order chi connectivity index (χ1) is 4.61. The normalized spacial score (nSPS) is 8.85. The second-order valence-electron chi connectivity index (χ2n) is 2.93. The standard InChI is InChI=1S/C9H12O.Al.ClH.Mg.5H/c1-9(2,10)8-6-4-3-5-7-8;;;;;;;;/h3-7,10H,1-2H3;;1H;;;;;;. The van der Waals surface area contributed by atoms with E-state index in [9.17, 15) is 5.11 Å². The van der Waals surface area contributed by atoms with Gasteiger partial charge in [0, 0.05) is 0 Å². The van der Waals surface area contributed by atoms with Crippen LogP contribution in [0.15, 0.2) is 30.3 Å². The third kappa shape index (κ3) is 6.79. The predicted molar refractivity (Wildman–Crippen MR) is 67.4 cm³/mol. The van der Waals surface area contributed by atoms with Crippen LogP contribution < -0.4 is 0 Å². The van der Waals surface area contributed by atoms with Gasteiger partial charge in [0.15, 0.2) is 17.4 Å². The molecule has 72 valence electrons. The fourth-order valence-corrected chi connectivity index (χ4v) is 0.846. The van der Waals surface area contributed by atoms with Crippen LogP contribution in [0.25, 0.3) is 0 Å². The Morgan fingerprint density at radius 2 is 1.46 bits per heavy atom. The van der Waals surface area contributed by atoms with E-state index in [2.05, 4.69) is 0 Å². The van der Waals surface area contributed by atoms with Crippen molar-refractivity contribution < 1.29 is 5.11 Å². The van der Waals surface area contributed by atoms with E-state index in [0.29, 0.717) is 0 Å². The molecule has 0 atom stereocenters. The average molecular weight is 229 g/mol. The van der Waals surface area contributed by atoms with Crippen molar-refractivity contribution in [2.24, 2.45) is 0 Å². The van der Waals surface area contributed by atoms with Crippen molar-refractivity contribution in [2.45, 2.75) is 19.4 Å². The molecule has 0 fully saturated rings. The molecule has 0 aliphatic heterocycles. The van der Waals surface area contributed by atoms with Gasteiger partial charge in [-0.3, -0.25) is 0 Å².